The SMILES string of the molecule is COc1cccc(CN(C(=O)CN(c2ccc(OC)c(OC)c2)S(C)(=O)=O)[C@H](Cc2ccccc2)C(=O)NC(C)(C)C)c1. The molecule has 3 aromatic rings. The maximum absolute atomic E-state index is 14.3. The Kier molecular flexibility index (Phi) is 11.0. The Morgan fingerprint density at radius 2 is 1.49 bits per heavy atom. The molecule has 0 unspecified atom stereocenters. The molecule has 3 rings (SSSR count). The lowest BCUT2D eigenvalue weighted by molar-refractivity contribution is -0.140. The molecule has 0 aliphatic heterocycles. The van der Waals surface area contributed by atoms with Crippen molar-refractivity contribution >= 4 is 27.5 Å². The van der Waals surface area contributed by atoms with Crippen LogP contribution in [-0.4, -0.2) is 70.8 Å². The van der Waals surface area contributed by atoms with Crippen molar-refractivity contribution in [1.82, 2.24) is 10.2 Å². The molecule has 1 atom stereocenters. The molecule has 0 aliphatic rings. The van der Waals surface area contributed by atoms with Crippen molar-refractivity contribution in [1.29, 1.82) is 0 Å². The first-order chi connectivity index (χ1) is 20.2. The van der Waals surface area contributed by atoms with E-state index in [1.807, 2.05) is 57.2 Å². The number of sulfonamides is 1. The third kappa shape index (κ3) is 9.37. The molecular weight excluding hydrogens is 570 g/mol. The highest BCUT2D eigenvalue weighted by Gasteiger charge is 2.34. The highest BCUT2D eigenvalue weighted by atomic mass is 32.2. The monoisotopic (exact) mass is 611 g/mol. The minimum absolute atomic E-state index is 0.0363. The molecular formula is C32H41N3O7S. The van der Waals surface area contributed by atoms with Crippen LogP contribution in [-0.2, 0) is 32.6 Å². The normalized spacial score (nSPS) is 12.2. The third-order valence-corrected chi connectivity index (χ3v) is 7.73. The van der Waals surface area contributed by atoms with Crippen LogP contribution in [0.3, 0.4) is 0 Å². The van der Waals surface area contributed by atoms with Crippen LogP contribution in [0.4, 0.5) is 5.69 Å². The molecule has 1 N–H and O–H groups in total. The summed E-state index contributed by atoms with van der Waals surface area (Å²) in [5, 5.41) is 3.01. The van der Waals surface area contributed by atoms with Crippen LogP contribution in [0.15, 0.2) is 72.8 Å². The standard InChI is InChI=1S/C32H41N3O7S/c1-32(2,3)33-31(37)27(19-23-12-9-8-10-13-23)34(21-24-14-11-15-26(18-24)40-4)30(36)22-35(43(7,38)39)25-16-17-28(41-5)29(20-25)42-6/h8-18,20,27H,19,21-22H2,1-7H3,(H,33,37)/t27-/m1/s1. The second-order valence-electron chi connectivity index (χ2n) is 11.1. The van der Waals surface area contributed by atoms with Gasteiger partial charge in [0.1, 0.15) is 18.3 Å². The smallest absolute Gasteiger partial charge is 0.244 e. The van der Waals surface area contributed by atoms with Gasteiger partial charge in [0.2, 0.25) is 21.8 Å². The summed E-state index contributed by atoms with van der Waals surface area (Å²) in [6.45, 7) is 5.07. The second kappa shape index (κ2) is 14.3. The molecule has 0 bridgehead atoms. The summed E-state index contributed by atoms with van der Waals surface area (Å²) >= 11 is 0. The molecule has 0 aliphatic carbocycles. The fraction of sp³-hybridized carbons (Fsp3) is 0.375. The highest BCUT2D eigenvalue weighted by molar-refractivity contribution is 7.92. The minimum Gasteiger partial charge on any atom is -0.497 e. The quantitative estimate of drug-likeness (QED) is 0.310. The first kappa shape index (κ1) is 33.3. The van der Waals surface area contributed by atoms with Crippen LogP contribution in [0.2, 0.25) is 0 Å². The molecule has 10 nitrogen and oxygen atoms in total. The summed E-state index contributed by atoms with van der Waals surface area (Å²) in [5.41, 5.74) is 1.20. The molecule has 0 saturated heterocycles. The summed E-state index contributed by atoms with van der Waals surface area (Å²) in [5.74, 6) is 0.387. The molecule has 0 fully saturated rings. The topological polar surface area (TPSA) is 114 Å². The first-order valence-electron chi connectivity index (χ1n) is 13.7. The lowest BCUT2D eigenvalue weighted by Crippen LogP contribution is -2.56. The molecule has 11 heteroatoms. The molecule has 0 spiro atoms. The van der Waals surface area contributed by atoms with Gasteiger partial charge in [0.05, 0.1) is 33.3 Å². The molecule has 2 amide bonds. The average Bonchev–Trinajstić information content (AvgIpc) is 2.96. The molecule has 0 radical (unpaired) electrons. The lowest BCUT2D eigenvalue weighted by Gasteiger charge is -2.35. The maximum atomic E-state index is 14.3. The third-order valence-electron chi connectivity index (χ3n) is 6.59. The van der Waals surface area contributed by atoms with E-state index in [2.05, 4.69) is 5.32 Å². The molecule has 43 heavy (non-hydrogen) atoms. The van der Waals surface area contributed by atoms with Gasteiger partial charge >= 0.3 is 0 Å². The zero-order valence-electron chi connectivity index (χ0n) is 25.8. The number of anilines is 1. The zero-order chi connectivity index (χ0) is 31.8. The van der Waals surface area contributed by atoms with E-state index < -0.39 is 34.1 Å². The van der Waals surface area contributed by atoms with Crippen LogP contribution in [0.1, 0.15) is 31.9 Å². The highest BCUT2D eigenvalue weighted by Crippen LogP contribution is 2.32. The van der Waals surface area contributed by atoms with Crippen molar-refractivity contribution in [3.63, 3.8) is 0 Å². The number of hydrogen-bond donors (Lipinski definition) is 1. The van der Waals surface area contributed by atoms with E-state index in [1.54, 1.807) is 31.4 Å². The number of nitrogens with one attached hydrogen (secondary N) is 1. The van der Waals surface area contributed by atoms with E-state index in [1.165, 1.54) is 31.3 Å². The van der Waals surface area contributed by atoms with E-state index in [9.17, 15) is 18.0 Å². The van der Waals surface area contributed by atoms with E-state index in [0.29, 0.717) is 22.8 Å². The van der Waals surface area contributed by atoms with Crippen molar-refractivity contribution in [2.24, 2.45) is 0 Å². The van der Waals surface area contributed by atoms with E-state index >= 15 is 0 Å². The number of ether oxygens (including phenoxy) is 3. The first-order valence-corrected chi connectivity index (χ1v) is 15.6. The fourth-order valence-electron chi connectivity index (χ4n) is 4.57. The Bertz CT molecular complexity index is 1500. The summed E-state index contributed by atoms with van der Waals surface area (Å²) < 4.78 is 43.2. The van der Waals surface area contributed by atoms with Crippen LogP contribution < -0.4 is 23.8 Å². The van der Waals surface area contributed by atoms with Crippen molar-refractivity contribution < 1.29 is 32.2 Å². The number of benzene rings is 3. The van der Waals surface area contributed by atoms with Crippen molar-refractivity contribution in [3.8, 4) is 17.2 Å². The summed E-state index contributed by atoms with van der Waals surface area (Å²) in [6.07, 6.45) is 1.24. The van der Waals surface area contributed by atoms with Crippen molar-refractivity contribution in [3.05, 3.63) is 83.9 Å². The van der Waals surface area contributed by atoms with Gasteiger partial charge in [-0.1, -0.05) is 42.5 Å². The predicted octanol–water partition coefficient (Wildman–Crippen LogP) is 4.03. The molecule has 0 heterocycles. The van der Waals surface area contributed by atoms with E-state index in [-0.39, 0.29) is 24.6 Å². The van der Waals surface area contributed by atoms with Crippen LogP contribution >= 0.6 is 0 Å². The Balaban J connectivity index is 2.11. The van der Waals surface area contributed by atoms with Crippen LogP contribution in [0, 0.1) is 0 Å². The minimum atomic E-state index is -3.94. The average molecular weight is 612 g/mol. The summed E-state index contributed by atoms with van der Waals surface area (Å²) in [4.78, 5) is 29.5. The Hall–Kier alpha value is -4.25. The van der Waals surface area contributed by atoms with E-state index in [0.717, 1.165) is 16.1 Å². The Morgan fingerprint density at radius 1 is 0.837 bits per heavy atom. The van der Waals surface area contributed by atoms with Gasteiger partial charge in [0.25, 0.3) is 0 Å². The van der Waals surface area contributed by atoms with Crippen LogP contribution in [0.5, 0.6) is 17.2 Å². The molecule has 3 aromatic carbocycles. The van der Waals surface area contributed by atoms with Gasteiger partial charge < -0.3 is 24.4 Å². The lowest BCUT2D eigenvalue weighted by atomic mass is 10.0. The van der Waals surface area contributed by atoms with Gasteiger partial charge in [-0.2, -0.15) is 0 Å². The van der Waals surface area contributed by atoms with E-state index in [4.69, 9.17) is 14.2 Å². The van der Waals surface area contributed by atoms with Gasteiger partial charge in [-0.15, -0.1) is 0 Å². The molecule has 0 saturated carbocycles. The van der Waals surface area contributed by atoms with Crippen LogP contribution in [0.25, 0.3) is 0 Å². The number of carbonyl (C=O) groups is 2. The number of carbonyl (C=O) groups excluding carboxylic acids is 2. The largest absolute Gasteiger partial charge is 0.497 e. The summed E-state index contributed by atoms with van der Waals surface area (Å²) in [6, 6.07) is 20.2. The second-order valence-corrected chi connectivity index (χ2v) is 13.0. The maximum Gasteiger partial charge on any atom is 0.244 e. The predicted molar refractivity (Wildman–Crippen MR) is 167 cm³/mol. The number of methoxy groups -OCH3 is 3. The van der Waals surface area contributed by atoms with Gasteiger partial charge in [-0.3, -0.25) is 13.9 Å². The van der Waals surface area contributed by atoms with Crippen molar-refractivity contribution in [2.75, 3.05) is 38.4 Å². The number of hydrogen-bond acceptors (Lipinski definition) is 7. The van der Waals surface area contributed by atoms with Crippen molar-refractivity contribution in [2.45, 2.75) is 45.3 Å². The van der Waals surface area contributed by atoms with Gasteiger partial charge in [0, 0.05) is 24.6 Å². The molecule has 0 aromatic heterocycles. The Morgan fingerprint density at radius 3 is 2.07 bits per heavy atom. The van der Waals surface area contributed by atoms with Gasteiger partial charge in [-0.05, 0) is 56.2 Å². The van der Waals surface area contributed by atoms with Gasteiger partial charge in [-0.25, -0.2) is 8.42 Å². The fourth-order valence-corrected chi connectivity index (χ4v) is 5.41. The molecule has 232 valence electrons. The Labute approximate surface area is 254 Å². The zero-order valence-corrected chi connectivity index (χ0v) is 26.6. The number of rotatable bonds is 13. The number of amides is 2. The summed E-state index contributed by atoms with van der Waals surface area (Å²) in [7, 11) is 0.520. The van der Waals surface area contributed by atoms with Gasteiger partial charge in [0.15, 0.2) is 11.5 Å². The number of nitrogens with zero attached hydrogens (tertiary/aromatic N) is 2.